The summed E-state index contributed by atoms with van der Waals surface area (Å²) in [6, 6.07) is 0.475. The van der Waals surface area contributed by atoms with E-state index in [1.165, 1.54) is 0 Å². The molecule has 0 spiro atoms. The molecule has 0 aromatic carbocycles. The summed E-state index contributed by atoms with van der Waals surface area (Å²) in [5.74, 6) is 0. The molecule has 0 saturated heterocycles. The van der Waals surface area contributed by atoms with Gasteiger partial charge >= 0.3 is 0 Å². The highest BCUT2D eigenvalue weighted by Gasteiger charge is 2.01. The lowest BCUT2D eigenvalue weighted by Crippen LogP contribution is -2.32. The summed E-state index contributed by atoms with van der Waals surface area (Å²) in [5, 5.41) is 3.28. The molecule has 0 aromatic rings. The molecule has 1 atom stereocenters. The van der Waals surface area contributed by atoms with E-state index in [0.717, 1.165) is 19.6 Å². The van der Waals surface area contributed by atoms with Gasteiger partial charge in [-0.15, -0.1) is 6.58 Å². The van der Waals surface area contributed by atoms with Gasteiger partial charge in [-0.3, -0.25) is 0 Å². The first kappa shape index (κ1) is 9.66. The van der Waals surface area contributed by atoms with Gasteiger partial charge in [-0.2, -0.15) is 0 Å². The molecule has 10 heavy (non-hydrogen) atoms. The number of ether oxygens (including phenoxy) is 1. The summed E-state index contributed by atoms with van der Waals surface area (Å²) in [6.07, 6.45) is 2.96. The SMILES string of the molecule is C=CCNC(CC)COC. The minimum atomic E-state index is 0.475. The average molecular weight is 143 g/mol. The maximum absolute atomic E-state index is 5.00. The Labute approximate surface area is 63.3 Å². The Morgan fingerprint density at radius 3 is 2.80 bits per heavy atom. The lowest BCUT2D eigenvalue weighted by Gasteiger charge is -2.13. The van der Waals surface area contributed by atoms with Crippen LogP contribution in [0.5, 0.6) is 0 Å². The third-order valence-corrected chi connectivity index (χ3v) is 1.41. The fourth-order valence-electron chi connectivity index (χ4n) is 0.772. The van der Waals surface area contributed by atoms with Crippen molar-refractivity contribution in [1.82, 2.24) is 5.32 Å². The second kappa shape index (κ2) is 6.78. The lowest BCUT2D eigenvalue weighted by atomic mass is 10.2. The van der Waals surface area contributed by atoms with Gasteiger partial charge < -0.3 is 10.1 Å². The first-order valence-corrected chi connectivity index (χ1v) is 3.68. The Morgan fingerprint density at radius 2 is 2.40 bits per heavy atom. The van der Waals surface area contributed by atoms with E-state index in [9.17, 15) is 0 Å². The molecule has 60 valence electrons. The molecule has 0 aliphatic rings. The third-order valence-electron chi connectivity index (χ3n) is 1.41. The number of hydrogen-bond acceptors (Lipinski definition) is 2. The van der Waals surface area contributed by atoms with Crippen LogP contribution in [0.4, 0.5) is 0 Å². The van der Waals surface area contributed by atoms with Gasteiger partial charge in [-0.25, -0.2) is 0 Å². The quantitative estimate of drug-likeness (QED) is 0.564. The zero-order valence-electron chi connectivity index (χ0n) is 6.89. The van der Waals surface area contributed by atoms with Crippen molar-refractivity contribution in [2.75, 3.05) is 20.3 Å². The summed E-state index contributed by atoms with van der Waals surface area (Å²) < 4.78 is 5.00. The Morgan fingerprint density at radius 1 is 1.70 bits per heavy atom. The molecule has 0 saturated carbocycles. The van der Waals surface area contributed by atoms with E-state index in [4.69, 9.17) is 4.74 Å². The Hall–Kier alpha value is -0.340. The van der Waals surface area contributed by atoms with Crippen LogP contribution in [0.1, 0.15) is 13.3 Å². The lowest BCUT2D eigenvalue weighted by molar-refractivity contribution is 0.166. The fraction of sp³-hybridized carbons (Fsp3) is 0.750. The zero-order chi connectivity index (χ0) is 7.82. The molecule has 0 heterocycles. The zero-order valence-corrected chi connectivity index (χ0v) is 6.89. The minimum absolute atomic E-state index is 0.475. The summed E-state index contributed by atoms with van der Waals surface area (Å²) in [7, 11) is 1.72. The molecule has 0 amide bonds. The van der Waals surface area contributed by atoms with Crippen LogP contribution in [0.3, 0.4) is 0 Å². The van der Waals surface area contributed by atoms with Gasteiger partial charge in [-0.1, -0.05) is 13.0 Å². The first-order valence-electron chi connectivity index (χ1n) is 3.68. The van der Waals surface area contributed by atoms with Crippen LogP contribution in [0.15, 0.2) is 12.7 Å². The van der Waals surface area contributed by atoms with E-state index in [2.05, 4.69) is 18.8 Å². The summed E-state index contributed by atoms with van der Waals surface area (Å²) in [4.78, 5) is 0. The molecule has 0 bridgehead atoms. The van der Waals surface area contributed by atoms with Crippen molar-refractivity contribution < 1.29 is 4.74 Å². The fourth-order valence-corrected chi connectivity index (χ4v) is 0.772. The first-order chi connectivity index (χ1) is 4.85. The van der Waals surface area contributed by atoms with Crippen molar-refractivity contribution in [1.29, 1.82) is 0 Å². The highest BCUT2D eigenvalue weighted by Crippen LogP contribution is 1.89. The molecule has 0 aromatic heterocycles. The summed E-state index contributed by atoms with van der Waals surface area (Å²) >= 11 is 0. The molecule has 1 unspecified atom stereocenters. The molecule has 0 aliphatic carbocycles. The Balaban J connectivity index is 3.29. The largest absolute Gasteiger partial charge is 0.383 e. The number of nitrogens with one attached hydrogen (secondary N) is 1. The third kappa shape index (κ3) is 4.53. The monoisotopic (exact) mass is 143 g/mol. The van der Waals surface area contributed by atoms with Crippen LogP contribution in [-0.2, 0) is 4.74 Å². The highest BCUT2D eigenvalue weighted by atomic mass is 16.5. The van der Waals surface area contributed by atoms with Gasteiger partial charge in [0.2, 0.25) is 0 Å². The summed E-state index contributed by atoms with van der Waals surface area (Å²) in [5.41, 5.74) is 0. The molecule has 0 radical (unpaired) electrons. The predicted octanol–water partition coefficient (Wildman–Crippen LogP) is 1.19. The van der Waals surface area contributed by atoms with Crippen LogP contribution in [0.25, 0.3) is 0 Å². The molecule has 0 fully saturated rings. The van der Waals surface area contributed by atoms with Gasteiger partial charge in [0.05, 0.1) is 6.61 Å². The van der Waals surface area contributed by atoms with Gasteiger partial charge in [0.25, 0.3) is 0 Å². The molecule has 0 aliphatic heterocycles. The van der Waals surface area contributed by atoms with Gasteiger partial charge in [-0.05, 0) is 6.42 Å². The standard InChI is InChI=1S/C8H17NO/c1-4-6-9-8(5-2)7-10-3/h4,8-9H,1,5-7H2,2-3H3. The normalized spacial score (nSPS) is 13.0. The molecule has 1 N–H and O–H groups in total. The van der Waals surface area contributed by atoms with Crippen molar-refractivity contribution >= 4 is 0 Å². The number of hydrogen-bond donors (Lipinski definition) is 1. The Kier molecular flexibility index (Phi) is 6.55. The summed E-state index contributed by atoms with van der Waals surface area (Å²) in [6.45, 7) is 7.41. The van der Waals surface area contributed by atoms with Gasteiger partial charge in [0.15, 0.2) is 0 Å². The van der Waals surface area contributed by atoms with Crippen LogP contribution in [0.2, 0.25) is 0 Å². The van der Waals surface area contributed by atoms with E-state index >= 15 is 0 Å². The number of rotatable bonds is 6. The molecule has 2 heteroatoms. The maximum atomic E-state index is 5.00. The van der Waals surface area contributed by atoms with Gasteiger partial charge in [0, 0.05) is 19.7 Å². The van der Waals surface area contributed by atoms with Crippen LogP contribution < -0.4 is 5.32 Å². The van der Waals surface area contributed by atoms with E-state index in [0.29, 0.717) is 6.04 Å². The van der Waals surface area contributed by atoms with E-state index in [1.807, 2.05) is 6.08 Å². The van der Waals surface area contributed by atoms with Crippen molar-refractivity contribution in [2.24, 2.45) is 0 Å². The average Bonchev–Trinajstić information content (AvgIpc) is 1.98. The van der Waals surface area contributed by atoms with Crippen molar-refractivity contribution in [3.8, 4) is 0 Å². The molecular formula is C8H17NO. The van der Waals surface area contributed by atoms with E-state index < -0.39 is 0 Å². The van der Waals surface area contributed by atoms with E-state index in [1.54, 1.807) is 7.11 Å². The molecular weight excluding hydrogens is 126 g/mol. The van der Waals surface area contributed by atoms with Gasteiger partial charge in [0.1, 0.15) is 0 Å². The minimum Gasteiger partial charge on any atom is -0.383 e. The smallest absolute Gasteiger partial charge is 0.0615 e. The van der Waals surface area contributed by atoms with Crippen molar-refractivity contribution in [3.05, 3.63) is 12.7 Å². The highest BCUT2D eigenvalue weighted by molar-refractivity contribution is 4.73. The number of methoxy groups -OCH3 is 1. The predicted molar refractivity (Wildman–Crippen MR) is 44.2 cm³/mol. The van der Waals surface area contributed by atoms with Crippen LogP contribution in [0, 0.1) is 0 Å². The molecule has 0 rings (SSSR count). The van der Waals surface area contributed by atoms with Crippen LogP contribution >= 0.6 is 0 Å². The second-order valence-corrected chi connectivity index (χ2v) is 2.26. The van der Waals surface area contributed by atoms with Crippen molar-refractivity contribution in [3.63, 3.8) is 0 Å². The topological polar surface area (TPSA) is 21.3 Å². The van der Waals surface area contributed by atoms with Crippen molar-refractivity contribution in [2.45, 2.75) is 19.4 Å². The molecule has 2 nitrogen and oxygen atoms in total. The van der Waals surface area contributed by atoms with Crippen LogP contribution in [-0.4, -0.2) is 26.3 Å². The van der Waals surface area contributed by atoms with E-state index in [-0.39, 0.29) is 0 Å². The second-order valence-electron chi connectivity index (χ2n) is 2.26. The maximum Gasteiger partial charge on any atom is 0.0615 e. The Bertz CT molecular complexity index is 83.3.